The van der Waals surface area contributed by atoms with Crippen molar-refractivity contribution in [3.8, 4) is 0 Å². The predicted molar refractivity (Wildman–Crippen MR) is 65.6 cm³/mol. The molecule has 17 heavy (non-hydrogen) atoms. The Morgan fingerprint density at radius 2 is 2.18 bits per heavy atom. The molecule has 0 radical (unpaired) electrons. The minimum absolute atomic E-state index is 0.176. The zero-order chi connectivity index (χ0) is 11.7. The number of aromatic nitrogens is 1. The summed E-state index contributed by atoms with van der Waals surface area (Å²) in [5, 5.41) is 5.58. The van der Waals surface area contributed by atoms with Gasteiger partial charge in [-0.15, -0.1) is 0 Å². The average molecular weight is 228 g/mol. The number of rotatable bonds is 1. The van der Waals surface area contributed by atoms with E-state index in [1.54, 1.807) is 11.2 Å². The highest BCUT2D eigenvalue weighted by Crippen LogP contribution is 2.18. The molecule has 0 bridgehead atoms. The molecule has 0 saturated carbocycles. The number of anilines is 1. The van der Waals surface area contributed by atoms with E-state index in [9.17, 15) is 4.79 Å². The van der Waals surface area contributed by atoms with Gasteiger partial charge in [-0.05, 0) is 12.1 Å². The zero-order valence-corrected chi connectivity index (χ0v) is 9.18. The molecule has 1 aromatic carbocycles. The number of carbonyl (C=O) groups is 1. The van der Waals surface area contributed by atoms with Crippen LogP contribution in [-0.4, -0.2) is 24.1 Å². The monoisotopic (exact) mass is 228 g/mol. The summed E-state index contributed by atoms with van der Waals surface area (Å²) in [6.07, 6.45) is 1.77. The Morgan fingerprint density at radius 3 is 3.06 bits per heavy atom. The summed E-state index contributed by atoms with van der Waals surface area (Å²) in [6.45, 7) is 1.37. The van der Waals surface area contributed by atoms with Crippen molar-refractivity contribution in [3.63, 3.8) is 0 Å². The summed E-state index contributed by atoms with van der Waals surface area (Å²) in [4.78, 5) is 15.6. The van der Waals surface area contributed by atoms with E-state index in [-0.39, 0.29) is 6.03 Å². The lowest BCUT2D eigenvalue weighted by Gasteiger charge is -2.29. The van der Waals surface area contributed by atoms with Crippen LogP contribution < -0.4 is 15.8 Å². The van der Waals surface area contributed by atoms with Crippen LogP contribution in [0.1, 0.15) is 0 Å². The maximum atomic E-state index is 11.2. The Balaban J connectivity index is 1.97. The van der Waals surface area contributed by atoms with Gasteiger partial charge in [0.2, 0.25) is 0 Å². The van der Waals surface area contributed by atoms with Crippen LogP contribution in [0, 0.1) is 0 Å². The van der Waals surface area contributed by atoms with Crippen molar-refractivity contribution >= 4 is 22.6 Å². The maximum Gasteiger partial charge on any atom is 0.333 e. The number of hydrazine groups is 1. The average Bonchev–Trinajstić information content (AvgIpc) is 2.38. The van der Waals surface area contributed by atoms with Crippen molar-refractivity contribution in [1.29, 1.82) is 0 Å². The Morgan fingerprint density at radius 1 is 1.29 bits per heavy atom. The third kappa shape index (κ3) is 1.87. The summed E-state index contributed by atoms with van der Waals surface area (Å²) in [6, 6.07) is 9.76. The number of pyridine rings is 1. The zero-order valence-electron chi connectivity index (χ0n) is 9.18. The molecule has 1 aromatic heterocycles. The van der Waals surface area contributed by atoms with Crippen LogP contribution in [0.5, 0.6) is 0 Å². The second kappa shape index (κ2) is 3.93. The van der Waals surface area contributed by atoms with Gasteiger partial charge in [-0.3, -0.25) is 9.99 Å². The van der Waals surface area contributed by atoms with Gasteiger partial charge in [0, 0.05) is 11.9 Å². The number of nitrogens with zero attached hydrogens (tertiary/aromatic N) is 2. The fourth-order valence-electron chi connectivity index (χ4n) is 1.90. The number of urea groups is 1. The van der Waals surface area contributed by atoms with Gasteiger partial charge in [-0.1, -0.05) is 18.2 Å². The summed E-state index contributed by atoms with van der Waals surface area (Å²) in [5.41, 5.74) is 4.60. The quantitative estimate of drug-likeness (QED) is 0.772. The molecule has 1 aliphatic heterocycles. The first kappa shape index (κ1) is 9.89. The van der Waals surface area contributed by atoms with Gasteiger partial charge in [-0.25, -0.2) is 10.2 Å². The lowest BCUT2D eigenvalue weighted by atomic mass is 10.2. The second-order valence-corrected chi connectivity index (χ2v) is 3.91. The molecule has 5 nitrogen and oxygen atoms in total. The number of nitrogens with one attached hydrogen (secondary N) is 2. The van der Waals surface area contributed by atoms with Gasteiger partial charge in [0.15, 0.2) is 0 Å². The smallest absolute Gasteiger partial charge is 0.333 e. The fraction of sp³-hybridized carbons (Fsp3) is 0.167. The van der Waals surface area contributed by atoms with Crippen LogP contribution >= 0.6 is 0 Å². The topological polar surface area (TPSA) is 57.3 Å². The number of amides is 2. The van der Waals surface area contributed by atoms with E-state index >= 15 is 0 Å². The van der Waals surface area contributed by atoms with Crippen molar-refractivity contribution in [2.75, 3.05) is 18.1 Å². The van der Waals surface area contributed by atoms with Gasteiger partial charge in [0.05, 0.1) is 23.9 Å². The number of hydrogen-bond acceptors (Lipinski definition) is 3. The predicted octanol–water partition coefficient (Wildman–Crippen LogP) is 1.27. The molecule has 0 spiro atoms. The first-order valence-corrected chi connectivity index (χ1v) is 5.50. The summed E-state index contributed by atoms with van der Waals surface area (Å²) < 4.78 is 0. The van der Waals surface area contributed by atoms with E-state index in [4.69, 9.17) is 0 Å². The van der Waals surface area contributed by atoms with E-state index in [2.05, 4.69) is 15.7 Å². The highest BCUT2D eigenvalue weighted by Gasteiger charge is 2.15. The van der Waals surface area contributed by atoms with Gasteiger partial charge >= 0.3 is 6.03 Å². The molecule has 5 heteroatoms. The van der Waals surface area contributed by atoms with Crippen LogP contribution in [0.15, 0.2) is 36.5 Å². The SMILES string of the molecule is O=C1NCCN(c2cnc3ccccc3c2)N1. The first-order valence-electron chi connectivity index (χ1n) is 5.50. The standard InChI is InChI=1S/C12H12N4O/c17-12-13-5-6-16(15-12)10-7-9-3-1-2-4-11(9)14-8-10/h1-4,7-8H,5-6H2,(H2,13,15,17). The van der Waals surface area contributed by atoms with Crippen LogP contribution in [0.3, 0.4) is 0 Å². The number of carbonyl (C=O) groups excluding carboxylic acids is 1. The third-order valence-electron chi connectivity index (χ3n) is 2.75. The van der Waals surface area contributed by atoms with E-state index in [1.165, 1.54) is 0 Å². The highest BCUT2D eigenvalue weighted by molar-refractivity contribution is 5.83. The maximum absolute atomic E-state index is 11.2. The molecule has 2 aromatic rings. The van der Waals surface area contributed by atoms with Crippen LogP contribution in [0.2, 0.25) is 0 Å². The Kier molecular flexibility index (Phi) is 2.29. The van der Waals surface area contributed by atoms with Crippen molar-refractivity contribution < 1.29 is 4.79 Å². The molecule has 1 saturated heterocycles. The van der Waals surface area contributed by atoms with Gasteiger partial charge in [0.25, 0.3) is 0 Å². The van der Waals surface area contributed by atoms with Crippen molar-refractivity contribution in [2.45, 2.75) is 0 Å². The van der Waals surface area contributed by atoms with Gasteiger partial charge in [-0.2, -0.15) is 0 Å². The summed E-state index contributed by atoms with van der Waals surface area (Å²) in [7, 11) is 0. The van der Waals surface area contributed by atoms with Gasteiger partial charge < -0.3 is 5.32 Å². The van der Waals surface area contributed by atoms with Gasteiger partial charge in [0.1, 0.15) is 0 Å². The van der Waals surface area contributed by atoms with E-state index in [1.807, 2.05) is 30.3 Å². The fourth-order valence-corrected chi connectivity index (χ4v) is 1.90. The van der Waals surface area contributed by atoms with Crippen molar-refractivity contribution in [2.24, 2.45) is 0 Å². The molecule has 2 amide bonds. The lowest BCUT2D eigenvalue weighted by Crippen LogP contribution is -2.56. The number of hydrogen-bond donors (Lipinski definition) is 2. The van der Waals surface area contributed by atoms with E-state index in [0.717, 1.165) is 23.1 Å². The molecular formula is C12H12N4O. The molecule has 1 aliphatic rings. The minimum Gasteiger partial charge on any atom is -0.335 e. The van der Waals surface area contributed by atoms with Crippen molar-refractivity contribution in [1.82, 2.24) is 15.7 Å². The second-order valence-electron chi connectivity index (χ2n) is 3.91. The molecule has 1 fully saturated rings. The Bertz CT molecular complexity index is 569. The molecule has 2 N–H and O–H groups in total. The Hall–Kier alpha value is -2.30. The Labute approximate surface area is 98.4 Å². The van der Waals surface area contributed by atoms with E-state index in [0.29, 0.717) is 6.54 Å². The molecule has 0 aliphatic carbocycles. The molecule has 0 atom stereocenters. The number of benzene rings is 1. The molecular weight excluding hydrogens is 216 g/mol. The lowest BCUT2D eigenvalue weighted by molar-refractivity contribution is 0.236. The van der Waals surface area contributed by atoms with Crippen LogP contribution in [-0.2, 0) is 0 Å². The highest BCUT2D eigenvalue weighted by atomic mass is 16.2. The van der Waals surface area contributed by atoms with Crippen molar-refractivity contribution in [3.05, 3.63) is 36.5 Å². The molecule has 2 heterocycles. The molecule has 86 valence electrons. The molecule has 3 rings (SSSR count). The normalized spacial score (nSPS) is 15.5. The summed E-state index contributed by atoms with van der Waals surface area (Å²) >= 11 is 0. The number of para-hydroxylation sites is 1. The van der Waals surface area contributed by atoms with E-state index < -0.39 is 0 Å². The van der Waals surface area contributed by atoms with Crippen LogP contribution in [0.25, 0.3) is 10.9 Å². The largest absolute Gasteiger partial charge is 0.335 e. The van der Waals surface area contributed by atoms with Crippen LogP contribution in [0.4, 0.5) is 10.5 Å². The minimum atomic E-state index is -0.176. The molecule has 0 unspecified atom stereocenters. The number of fused-ring (bicyclic) bond motifs is 1. The summed E-state index contributed by atoms with van der Waals surface area (Å²) in [5.74, 6) is 0. The first-order chi connectivity index (χ1) is 8.33. The third-order valence-corrected chi connectivity index (χ3v) is 2.75.